The Labute approximate surface area is 106 Å². The van der Waals surface area contributed by atoms with E-state index in [0.29, 0.717) is 18.5 Å². The molecule has 1 rings (SSSR count). The van der Waals surface area contributed by atoms with Crippen LogP contribution in [-0.2, 0) is 16.0 Å². The number of carboxylic acids is 1. The molecule has 0 saturated carbocycles. The van der Waals surface area contributed by atoms with Gasteiger partial charge in [-0.25, -0.2) is 0 Å². The van der Waals surface area contributed by atoms with Crippen LogP contribution in [0, 0.1) is 0 Å². The van der Waals surface area contributed by atoms with E-state index in [1.54, 1.807) is 13.0 Å². The van der Waals surface area contributed by atoms with E-state index < -0.39 is 5.97 Å². The summed E-state index contributed by atoms with van der Waals surface area (Å²) < 4.78 is 0. The van der Waals surface area contributed by atoms with E-state index in [0.717, 1.165) is 5.56 Å². The molecule has 1 unspecified atom stereocenters. The number of carbonyl (C=O) groups excluding carboxylic acids is 1. The largest absolute Gasteiger partial charge is 0.481 e. The molecule has 4 N–H and O–H groups in total. The van der Waals surface area contributed by atoms with Gasteiger partial charge in [0.15, 0.2) is 0 Å². The van der Waals surface area contributed by atoms with Crippen LogP contribution in [0.3, 0.4) is 0 Å². The number of rotatable bonds is 6. The van der Waals surface area contributed by atoms with Gasteiger partial charge in [0.25, 0.3) is 0 Å². The predicted molar refractivity (Wildman–Crippen MR) is 69.0 cm³/mol. The predicted octanol–water partition coefficient (Wildman–Crippen LogP) is 1.18. The molecule has 18 heavy (non-hydrogen) atoms. The van der Waals surface area contributed by atoms with Gasteiger partial charge in [0.2, 0.25) is 5.91 Å². The highest BCUT2D eigenvalue weighted by molar-refractivity contribution is 5.77. The van der Waals surface area contributed by atoms with Crippen LogP contribution in [-0.4, -0.2) is 23.0 Å². The Morgan fingerprint density at radius 2 is 2.17 bits per heavy atom. The average Bonchev–Trinajstić information content (AvgIpc) is 2.25. The van der Waals surface area contributed by atoms with Crippen molar-refractivity contribution < 1.29 is 14.7 Å². The van der Waals surface area contributed by atoms with Crippen molar-refractivity contribution in [1.29, 1.82) is 0 Å². The van der Waals surface area contributed by atoms with E-state index in [-0.39, 0.29) is 18.4 Å². The van der Waals surface area contributed by atoms with E-state index in [2.05, 4.69) is 5.32 Å². The summed E-state index contributed by atoms with van der Waals surface area (Å²) in [6.07, 6.45) is 0.855. The first-order valence-corrected chi connectivity index (χ1v) is 5.83. The summed E-state index contributed by atoms with van der Waals surface area (Å²) in [6.45, 7) is 1.67. The van der Waals surface area contributed by atoms with Gasteiger partial charge in [-0.2, -0.15) is 0 Å². The minimum atomic E-state index is -0.918. The van der Waals surface area contributed by atoms with Gasteiger partial charge in [0, 0.05) is 18.2 Å². The number of amides is 1. The van der Waals surface area contributed by atoms with Crippen molar-refractivity contribution in [2.45, 2.75) is 32.2 Å². The molecule has 5 heteroatoms. The minimum Gasteiger partial charge on any atom is -0.481 e. The number of aryl methyl sites for hydroxylation is 1. The number of carbonyl (C=O) groups is 2. The first-order valence-electron chi connectivity index (χ1n) is 5.83. The maximum atomic E-state index is 11.6. The normalized spacial score (nSPS) is 11.8. The van der Waals surface area contributed by atoms with Crippen LogP contribution >= 0.6 is 0 Å². The fraction of sp³-hybridized carbons (Fsp3) is 0.385. The lowest BCUT2D eigenvalue weighted by Crippen LogP contribution is -2.34. The van der Waals surface area contributed by atoms with E-state index in [9.17, 15) is 9.59 Å². The number of nitrogens with one attached hydrogen (secondary N) is 1. The van der Waals surface area contributed by atoms with Crippen molar-refractivity contribution in [2.24, 2.45) is 0 Å². The summed E-state index contributed by atoms with van der Waals surface area (Å²) >= 11 is 0. The Bertz CT molecular complexity index is 432. The number of aliphatic carboxylic acids is 1. The second kappa shape index (κ2) is 6.64. The first kappa shape index (κ1) is 14.0. The van der Waals surface area contributed by atoms with E-state index >= 15 is 0 Å². The van der Waals surface area contributed by atoms with Gasteiger partial charge in [0.05, 0.1) is 6.42 Å². The molecular formula is C13H18N2O3. The second-order valence-corrected chi connectivity index (χ2v) is 4.31. The fourth-order valence-electron chi connectivity index (χ4n) is 1.67. The monoisotopic (exact) mass is 250 g/mol. The van der Waals surface area contributed by atoms with E-state index in [1.807, 2.05) is 18.2 Å². The highest BCUT2D eigenvalue weighted by Crippen LogP contribution is 2.08. The zero-order valence-electron chi connectivity index (χ0n) is 10.3. The standard InChI is InChI=1S/C13H18N2O3/c1-9(7-13(17)18)15-12(16)6-5-10-3-2-4-11(14)8-10/h2-4,8-9H,5-7,14H2,1H3,(H,15,16)(H,17,18). The smallest absolute Gasteiger partial charge is 0.305 e. The van der Waals surface area contributed by atoms with Crippen molar-refractivity contribution in [3.8, 4) is 0 Å². The maximum absolute atomic E-state index is 11.6. The van der Waals surface area contributed by atoms with Gasteiger partial charge < -0.3 is 16.2 Å². The van der Waals surface area contributed by atoms with Crippen molar-refractivity contribution in [3.05, 3.63) is 29.8 Å². The molecule has 0 bridgehead atoms. The van der Waals surface area contributed by atoms with Gasteiger partial charge >= 0.3 is 5.97 Å². The van der Waals surface area contributed by atoms with Crippen LogP contribution < -0.4 is 11.1 Å². The molecular weight excluding hydrogens is 232 g/mol. The molecule has 98 valence electrons. The topological polar surface area (TPSA) is 92.4 Å². The third-order valence-electron chi connectivity index (χ3n) is 2.48. The molecule has 0 aliphatic carbocycles. The molecule has 0 aliphatic heterocycles. The van der Waals surface area contributed by atoms with Crippen LogP contribution in [0.2, 0.25) is 0 Å². The SMILES string of the molecule is CC(CC(=O)O)NC(=O)CCc1cccc(N)c1. The molecule has 0 heterocycles. The van der Waals surface area contributed by atoms with Crippen molar-refractivity contribution >= 4 is 17.6 Å². The number of hydrogen-bond donors (Lipinski definition) is 3. The summed E-state index contributed by atoms with van der Waals surface area (Å²) in [6, 6.07) is 7.02. The third kappa shape index (κ3) is 5.34. The fourth-order valence-corrected chi connectivity index (χ4v) is 1.67. The Hall–Kier alpha value is -2.04. The van der Waals surface area contributed by atoms with E-state index in [1.165, 1.54) is 0 Å². The lowest BCUT2D eigenvalue weighted by molar-refractivity contribution is -0.137. The summed E-state index contributed by atoms with van der Waals surface area (Å²) in [5.74, 6) is -1.06. The molecule has 1 atom stereocenters. The molecule has 0 spiro atoms. The lowest BCUT2D eigenvalue weighted by atomic mass is 10.1. The van der Waals surface area contributed by atoms with E-state index in [4.69, 9.17) is 10.8 Å². The molecule has 0 fully saturated rings. The van der Waals surface area contributed by atoms with Crippen molar-refractivity contribution in [3.63, 3.8) is 0 Å². The second-order valence-electron chi connectivity index (χ2n) is 4.31. The summed E-state index contributed by atoms with van der Waals surface area (Å²) in [4.78, 5) is 22.0. The summed E-state index contributed by atoms with van der Waals surface area (Å²) in [5, 5.41) is 11.2. The number of nitrogen functional groups attached to an aromatic ring is 1. The first-order chi connectivity index (χ1) is 8.47. The molecule has 0 aromatic heterocycles. The minimum absolute atomic E-state index is 0.0655. The average molecular weight is 250 g/mol. The Morgan fingerprint density at radius 1 is 1.44 bits per heavy atom. The Balaban J connectivity index is 2.35. The van der Waals surface area contributed by atoms with Gasteiger partial charge in [-0.15, -0.1) is 0 Å². The molecule has 1 aromatic carbocycles. The van der Waals surface area contributed by atoms with Gasteiger partial charge in [-0.1, -0.05) is 12.1 Å². The highest BCUT2D eigenvalue weighted by atomic mass is 16.4. The number of nitrogens with two attached hydrogens (primary N) is 1. The zero-order chi connectivity index (χ0) is 13.5. The van der Waals surface area contributed by atoms with Gasteiger partial charge in [0.1, 0.15) is 0 Å². The molecule has 5 nitrogen and oxygen atoms in total. The van der Waals surface area contributed by atoms with Crippen molar-refractivity contribution in [1.82, 2.24) is 5.32 Å². The highest BCUT2D eigenvalue weighted by Gasteiger charge is 2.10. The van der Waals surface area contributed by atoms with Crippen LogP contribution in [0.5, 0.6) is 0 Å². The van der Waals surface area contributed by atoms with Crippen LogP contribution in [0.4, 0.5) is 5.69 Å². The van der Waals surface area contributed by atoms with Crippen LogP contribution in [0.25, 0.3) is 0 Å². The summed E-state index contributed by atoms with van der Waals surface area (Å²) in [5.41, 5.74) is 7.30. The zero-order valence-corrected chi connectivity index (χ0v) is 10.3. The third-order valence-corrected chi connectivity index (χ3v) is 2.48. The molecule has 1 aromatic rings. The quantitative estimate of drug-likeness (QED) is 0.661. The maximum Gasteiger partial charge on any atom is 0.305 e. The van der Waals surface area contributed by atoms with Crippen LogP contribution in [0.1, 0.15) is 25.3 Å². The molecule has 0 radical (unpaired) electrons. The number of anilines is 1. The number of carboxylic acid groups (broad SMARTS) is 1. The van der Waals surface area contributed by atoms with Crippen LogP contribution in [0.15, 0.2) is 24.3 Å². The summed E-state index contributed by atoms with van der Waals surface area (Å²) in [7, 11) is 0. The molecule has 1 amide bonds. The molecule has 0 saturated heterocycles. The molecule has 0 aliphatic rings. The number of benzene rings is 1. The number of hydrogen-bond acceptors (Lipinski definition) is 3. The Morgan fingerprint density at radius 3 is 2.78 bits per heavy atom. The van der Waals surface area contributed by atoms with Gasteiger partial charge in [-0.05, 0) is 31.0 Å². The van der Waals surface area contributed by atoms with Gasteiger partial charge in [-0.3, -0.25) is 9.59 Å². The van der Waals surface area contributed by atoms with Crippen molar-refractivity contribution in [2.75, 3.05) is 5.73 Å². The Kier molecular flexibility index (Phi) is 5.17. The lowest BCUT2D eigenvalue weighted by Gasteiger charge is -2.11.